The van der Waals surface area contributed by atoms with Gasteiger partial charge in [0.1, 0.15) is 5.76 Å². The molecule has 0 bridgehead atoms. The summed E-state index contributed by atoms with van der Waals surface area (Å²) in [6, 6.07) is 4.00. The van der Waals surface area contributed by atoms with Crippen molar-refractivity contribution >= 4 is 0 Å². The second kappa shape index (κ2) is 6.98. The Morgan fingerprint density at radius 3 is 2.62 bits per heavy atom. The fourth-order valence-electron chi connectivity index (χ4n) is 1.23. The van der Waals surface area contributed by atoms with Gasteiger partial charge in [0.2, 0.25) is 0 Å². The molecule has 1 aromatic rings. The van der Waals surface area contributed by atoms with E-state index in [4.69, 9.17) is 4.42 Å². The van der Waals surface area contributed by atoms with Gasteiger partial charge in [-0.25, -0.2) is 0 Å². The molecule has 0 saturated carbocycles. The van der Waals surface area contributed by atoms with E-state index in [0.717, 1.165) is 12.2 Å². The van der Waals surface area contributed by atoms with E-state index >= 15 is 0 Å². The molecule has 2 nitrogen and oxygen atoms in total. The number of aryl methyl sites for hydroxylation is 1. The molecule has 0 aliphatic carbocycles. The molecule has 0 aliphatic rings. The highest BCUT2D eigenvalue weighted by molar-refractivity contribution is 4.97. The van der Waals surface area contributed by atoms with E-state index in [2.05, 4.69) is 14.1 Å². The maximum absolute atomic E-state index is 5.23. The lowest BCUT2D eigenvalue weighted by Crippen LogP contribution is -3.05. The van der Waals surface area contributed by atoms with Crippen molar-refractivity contribution in [1.29, 1.82) is 0 Å². The van der Waals surface area contributed by atoms with Gasteiger partial charge in [0.25, 0.3) is 0 Å². The van der Waals surface area contributed by atoms with Crippen LogP contribution in [0.4, 0.5) is 0 Å². The molecule has 0 fully saturated rings. The first kappa shape index (κ1) is 12.5. The Kier molecular flexibility index (Phi) is 6.73. The molecular formula is C10H18ClNO. The predicted molar refractivity (Wildman–Crippen MR) is 49.3 cm³/mol. The molecule has 0 radical (unpaired) electrons. The lowest BCUT2D eigenvalue weighted by molar-refractivity contribution is -0.858. The van der Waals surface area contributed by atoms with E-state index in [-0.39, 0.29) is 12.4 Å². The number of furan rings is 1. The van der Waals surface area contributed by atoms with Crippen LogP contribution in [0, 0.1) is 0 Å². The van der Waals surface area contributed by atoms with E-state index in [9.17, 15) is 0 Å². The van der Waals surface area contributed by atoms with E-state index in [1.54, 1.807) is 6.26 Å². The number of unbranched alkanes of at least 4 members (excludes halogenated alkanes) is 1. The highest BCUT2D eigenvalue weighted by atomic mass is 35.5. The molecule has 0 saturated heterocycles. The lowest BCUT2D eigenvalue weighted by Gasteiger charge is -2.05. The molecule has 0 unspecified atom stereocenters. The summed E-state index contributed by atoms with van der Waals surface area (Å²) in [6.07, 6.45) is 5.34. The van der Waals surface area contributed by atoms with Crippen LogP contribution in [0.5, 0.6) is 0 Å². The Bertz CT molecular complexity index is 197. The highest BCUT2D eigenvalue weighted by Gasteiger charge is 1.97. The van der Waals surface area contributed by atoms with E-state index in [1.165, 1.54) is 24.3 Å². The molecule has 0 aliphatic heterocycles. The van der Waals surface area contributed by atoms with Gasteiger partial charge in [0, 0.05) is 6.42 Å². The summed E-state index contributed by atoms with van der Waals surface area (Å²) in [5.74, 6) is 1.11. The summed E-state index contributed by atoms with van der Waals surface area (Å²) in [6.45, 7) is 1.25. The molecule has 3 heteroatoms. The predicted octanol–water partition coefficient (Wildman–Crippen LogP) is -2.25. The van der Waals surface area contributed by atoms with Gasteiger partial charge in [-0.1, -0.05) is 0 Å². The van der Waals surface area contributed by atoms with Crippen LogP contribution in [0.2, 0.25) is 0 Å². The molecule has 0 spiro atoms. The monoisotopic (exact) mass is 203 g/mol. The summed E-state index contributed by atoms with van der Waals surface area (Å²) in [5, 5.41) is 0. The Morgan fingerprint density at radius 1 is 1.31 bits per heavy atom. The quantitative estimate of drug-likeness (QED) is 0.536. The molecule has 1 heterocycles. The van der Waals surface area contributed by atoms with Crippen LogP contribution in [0.15, 0.2) is 22.8 Å². The van der Waals surface area contributed by atoms with Crippen LogP contribution >= 0.6 is 0 Å². The molecule has 1 N–H and O–H groups in total. The Hall–Kier alpha value is -0.470. The van der Waals surface area contributed by atoms with Crippen LogP contribution in [0.25, 0.3) is 0 Å². The zero-order valence-corrected chi connectivity index (χ0v) is 9.10. The van der Waals surface area contributed by atoms with Gasteiger partial charge in [-0.3, -0.25) is 0 Å². The Balaban J connectivity index is 0.00000144. The van der Waals surface area contributed by atoms with Crippen molar-refractivity contribution in [2.45, 2.75) is 19.3 Å². The van der Waals surface area contributed by atoms with E-state index in [1.807, 2.05) is 12.1 Å². The molecular weight excluding hydrogens is 186 g/mol. The van der Waals surface area contributed by atoms with E-state index < -0.39 is 0 Å². The van der Waals surface area contributed by atoms with Crippen LogP contribution < -0.4 is 17.3 Å². The van der Waals surface area contributed by atoms with Crippen molar-refractivity contribution < 1.29 is 21.7 Å². The normalized spacial score (nSPS) is 10.1. The van der Waals surface area contributed by atoms with E-state index in [0.29, 0.717) is 0 Å². The maximum atomic E-state index is 5.23. The summed E-state index contributed by atoms with van der Waals surface area (Å²) in [5.41, 5.74) is 0. The second-order valence-corrected chi connectivity index (χ2v) is 3.49. The average Bonchev–Trinajstić information content (AvgIpc) is 2.49. The van der Waals surface area contributed by atoms with Crippen molar-refractivity contribution in [1.82, 2.24) is 0 Å². The summed E-state index contributed by atoms with van der Waals surface area (Å²) in [7, 11) is 4.37. The lowest BCUT2D eigenvalue weighted by atomic mass is 10.2. The largest absolute Gasteiger partial charge is 1.00 e. The summed E-state index contributed by atoms with van der Waals surface area (Å²) in [4.78, 5) is 1.52. The molecule has 13 heavy (non-hydrogen) atoms. The molecule has 0 amide bonds. The number of hydrogen-bond acceptors (Lipinski definition) is 1. The molecule has 1 rings (SSSR count). The number of hydrogen-bond donors (Lipinski definition) is 1. The minimum atomic E-state index is 0. The fourth-order valence-corrected chi connectivity index (χ4v) is 1.23. The number of quaternary nitrogens is 1. The topological polar surface area (TPSA) is 17.6 Å². The first-order chi connectivity index (χ1) is 5.79. The first-order valence-corrected chi connectivity index (χ1v) is 4.60. The fraction of sp³-hybridized carbons (Fsp3) is 0.600. The van der Waals surface area contributed by atoms with Gasteiger partial charge in [0.05, 0.1) is 26.9 Å². The van der Waals surface area contributed by atoms with Gasteiger partial charge in [-0.2, -0.15) is 0 Å². The molecule has 0 aromatic carbocycles. The van der Waals surface area contributed by atoms with Gasteiger partial charge in [0.15, 0.2) is 0 Å². The van der Waals surface area contributed by atoms with Gasteiger partial charge in [-0.15, -0.1) is 0 Å². The van der Waals surface area contributed by atoms with Gasteiger partial charge >= 0.3 is 0 Å². The van der Waals surface area contributed by atoms with Crippen LogP contribution in [-0.4, -0.2) is 20.6 Å². The van der Waals surface area contributed by atoms with Crippen LogP contribution in [0.1, 0.15) is 18.6 Å². The van der Waals surface area contributed by atoms with Crippen LogP contribution in [0.3, 0.4) is 0 Å². The second-order valence-electron chi connectivity index (χ2n) is 3.49. The zero-order valence-electron chi connectivity index (χ0n) is 8.35. The van der Waals surface area contributed by atoms with Gasteiger partial charge in [-0.05, 0) is 25.0 Å². The summed E-state index contributed by atoms with van der Waals surface area (Å²) >= 11 is 0. The third-order valence-corrected chi connectivity index (χ3v) is 1.93. The first-order valence-electron chi connectivity index (χ1n) is 4.60. The Labute approximate surface area is 86.3 Å². The molecule has 1 aromatic heterocycles. The molecule has 76 valence electrons. The maximum Gasteiger partial charge on any atom is 0.103 e. The zero-order chi connectivity index (χ0) is 8.81. The minimum absolute atomic E-state index is 0. The molecule has 0 atom stereocenters. The SMILES string of the molecule is C[NH+](C)CCCCc1ccco1.[Cl-]. The number of nitrogens with one attached hydrogen (secondary N) is 1. The van der Waals surface area contributed by atoms with Crippen molar-refractivity contribution in [2.75, 3.05) is 20.6 Å². The number of halogens is 1. The van der Waals surface area contributed by atoms with Crippen molar-refractivity contribution in [3.05, 3.63) is 24.2 Å². The third kappa shape index (κ3) is 5.72. The number of rotatable bonds is 5. The smallest absolute Gasteiger partial charge is 0.103 e. The van der Waals surface area contributed by atoms with Crippen molar-refractivity contribution in [3.63, 3.8) is 0 Å². The average molecular weight is 204 g/mol. The third-order valence-electron chi connectivity index (χ3n) is 1.93. The van der Waals surface area contributed by atoms with Crippen LogP contribution in [-0.2, 0) is 6.42 Å². The minimum Gasteiger partial charge on any atom is -1.00 e. The highest BCUT2D eigenvalue weighted by Crippen LogP contribution is 2.04. The standard InChI is InChI=1S/C10H17NO.ClH/c1-11(2)8-4-3-6-10-7-5-9-12-10;/h5,7,9H,3-4,6,8H2,1-2H3;1H. The van der Waals surface area contributed by atoms with Gasteiger partial charge < -0.3 is 21.7 Å². The Morgan fingerprint density at radius 2 is 2.08 bits per heavy atom. The van der Waals surface area contributed by atoms with Crippen molar-refractivity contribution in [3.8, 4) is 0 Å². The summed E-state index contributed by atoms with van der Waals surface area (Å²) < 4.78 is 5.23. The van der Waals surface area contributed by atoms with Crippen molar-refractivity contribution in [2.24, 2.45) is 0 Å².